The number of carbonyl (C=O) groups excluding carboxylic acids is 2. The maximum Gasteiger partial charge on any atom is 0.471 e. The molecule has 6 heteroatoms. The smallest absolute Gasteiger partial charge is 0.348 e. The minimum atomic E-state index is -4.85. The summed E-state index contributed by atoms with van der Waals surface area (Å²) in [6, 6.07) is 6.38. The van der Waals surface area contributed by atoms with Crippen LogP contribution >= 0.6 is 0 Å². The van der Waals surface area contributed by atoms with E-state index in [1.165, 1.54) is 0 Å². The van der Waals surface area contributed by atoms with Gasteiger partial charge in [0.05, 0.1) is 0 Å². The second-order valence-electron chi connectivity index (χ2n) is 3.36. The van der Waals surface area contributed by atoms with Crippen LogP contribution in [0.2, 0.25) is 0 Å². The SMILES string of the molecule is O=Cc1ccc(CCNC(=O)C(F)(F)F)cc1. The zero-order chi connectivity index (χ0) is 12.9. The molecular weight excluding hydrogens is 235 g/mol. The highest BCUT2D eigenvalue weighted by Gasteiger charge is 2.38. The fraction of sp³-hybridized carbons (Fsp3) is 0.273. The highest BCUT2D eigenvalue weighted by molar-refractivity contribution is 5.81. The molecule has 0 saturated heterocycles. The molecular formula is C11H10F3NO2. The lowest BCUT2D eigenvalue weighted by Gasteiger charge is -2.07. The number of alkyl halides is 3. The Morgan fingerprint density at radius 1 is 1.24 bits per heavy atom. The summed E-state index contributed by atoms with van der Waals surface area (Å²) in [5.74, 6) is -1.94. The Morgan fingerprint density at radius 3 is 2.29 bits per heavy atom. The zero-order valence-corrected chi connectivity index (χ0v) is 8.75. The third kappa shape index (κ3) is 4.26. The predicted molar refractivity (Wildman–Crippen MR) is 54.6 cm³/mol. The molecule has 1 aromatic rings. The van der Waals surface area contributed by atoms with Gasteiger partial charge in [-0.2, -0.15) is 13.2 Å². The molecule has 0 saturated carbocycles. The van der Waals surface area contributed by atoms with Gasteiger partial charge >= 0.3 is 12.1 Å². The van der Waals surface area contributed by atoms with Crippen LogP contribution in [0.1, 0.15) is 15.9 Å². The number of amides is 1. The molecule has 0 aromatic heterocycles. The summed E-state index contributed by atoms with van der Waals surface area (Å²) in [6.45, 7) is -0.0984. The Bertz CT molecular complexity index is 398. The van der Waals surface area contributed by atoms with Crippen molar-refractivity contribution in [1.82, 2.24) is 5.32 Å². The molecule has 1 aromatic carbocycles. The van der Waals surface area contributed by atoms with Gasteiger partial charge in [0.1, 0.15) is 6.29 Å². The normalized spacial score (nSPS) is 11.0. The molecule has 0 heterocycles. The third-order valence-electron chi connectivity index (χ3n) is 2.07. The lowest BCUT2D eigenvalue weighted by Crippen LogP contribution is -2.37. The molecule has 3 nitrogen and oxygen atoms in total. The van der Waals surface area contributed by atoms with Crippen LogP contribution in [0.5, 0.6) is 0 Å². The Kier molecular flexibility index (Phi) is 4.25. The number of benzene rings is 1. The average molecular weight is 245 g/mol. The van der Waals surface area contributed by atoms with E-state index >= 15 is 0 Å². The van der Waals surface area contributed by atoms with Gasteiger partial charge in [-0.25, -0.2) is 0 Å². The van der Waals surface area contributed by atoms with Crippen LogP contribution in [0.3, 0.4) is 0 Å². The molecule has 0 atom stereocenters. The topological polar surface area (TPSA) is 46.2 Å². The number of hydrogen-bond donors (Lipinski definition) is 1. The van der Waals surface area contributed by atoms with Crippen LogP contribution in [0.15, 0.2) is 24.3 Å². The second kappa shape index (κ2) is 5.47. The Hall–Kier alpha value is -1.85. The summed E-state index contributed by atoms with van der Waals surface area (Å²) in [5, 5.41) is 1.77. The third-order valence-corrected chi connectivity index (χ3v) is 2.07. The minimum absolute atomic E-state index is 0.0984. The van der Waals surface area contributed by atoms with Gasteiger partial charge < -0.3 is 5.32 Å². The van der Waals surface area contributed by atoms with E-state index in [0.29, 0.717) is 11.8 Å². The highest BCUT2D eigenvalue weighted by Crippen LogP contribution is 2.13. The van der Waals surface area contributed by atoms with Crippen molar-refractivity contribution in [2.24, 2.45) is 0 Å². The Labute approximate surface area is 95.6 Å². The van der Waals surface area contributed by atoms with Crippen molar-refractivity contribution in [1.29, 1.82) is 0 Å². The first-order chi connectivity index (χ1) is 7.93. The van der Waals surface area contributed by atoms with E-state index in [9.17, 15) is 22.8 Å². The van der Waals surface area contributed by atoms with Crippen molar-refractivity contribution in [3.05, 3.63) is 35.4 Å². The molecule has 0 bridgehead atoms. The number of hydrogen-bond acceptors (Lipinski definition) is 2. The van der Waals surface area contributed by atoms with Crippen molar-refractivity contribution < 1.29 is 22.8 Å². The van der Waals surface area contributed by atoms with Crippen LogP contribution in [0, 0.1) is 0 Å². The van der Waals surface area contributed by atoms with Crippen molar-refractivity contribution in [2.45, 2.75) is 12.6 Å². The van der Waals surface area contributed by atoms with E-state index in [2.05, 4.69) is 0 Å². The van der Waals surface area contributed by atoms with Gasteiger partial charge in [-0.15, -0.1) is 0 Å². The number of carbonyl (C=O) groups is 2. The van der Waals surface area contributed by atoms with Crippen LogP contribution < -0.4 is 5.32 Å². The first-order valence-corrected chi connectivity index (χ1v) is 4.82. The van der Waals surface area contributed by atoms with E-state index in [1.807, 2.05) is 0 Å². The Morgan fingerprint density at radius 2 is 1.82 bits per heavy atom. The fourth-order valence-corrected chi connectivity index (χ4v) is 1.18. The van der Waals surface area contributed by atoms with Crippen LogP contribution in [0.4, 0.5) is 13.2 Å². The number of aldehydes is 1. The van der Waals surface area contributed by atoms with E-state index in [1.54, 1.807) is 29.6 Å². The maximum absolute atomic E-state index is 11.8. The van der Waals surface area contributed by atoms with E-state index < -0.39 is 12.1 Å². The maximum atomic E-state index is 11.8. The van der Waals surface area contributed by atoms with Crippen molar-refractivity contribution >= 4 is 12.2 Å². The van der Waals surface area contributed by atoms with Gasteiger partial charge in [0.25, 0.3) is 0 Å². The average Bonchev–Trinajstić information content (AvgIpc) is 2.28. The quantitative estimate of drug-likeness (QED) is 0.821. The Balaban J connectivity index is 2.41. The number of nitrogens with one attached hydrogen (secondary N) is 1. The fourth-order valence-electron chi connectivity index (χ4n) is 1.18. The molecule has 0 fully saturated rings. The second-order valence-corrected chi connectivity index (χ2v) is 3.36. The molecule has 1 rings (SSSR count). The molecule has 1 N–H and O–H groups in total. The van der Waals surface area contributed by atoms with Gasteiger partial charge in [0, 0.05) is 12.1 Å². The van der Waals surface area contributed by atoms with Gasteiger partial charge in [-0.3, -0.25) is 9.59 Å². The van der Waals surface area contributed by atoms with Gasteiger partial charge in [0.15, 0.2) is 0 Å². The number of halogens is 3. The summed E-state index contributed by atoms with van der Waals surface area (Å²) in [6.07, 6.45) is -3.89. The molecule has 0 spiro atoms. The summed E-state index contributed by atoms with van der Waals surface area (Å²) in [5.41, 5.74) is 1.24. The van der Waals surface area contributed by atoms with Gasteiger partial charge in [-0.1, -0.05) is 24.3 Å². The summed E-state index contributed by atoms with van der Waals surface area (Å²) in [4.78, 5) is 20.8. The zero-order valence-electron chi connectivity index (χ0n) is 8.75. The van der Waals surface area contributed by atoms with Crippen LogP contribution in [-0.4, -0.2) is 24.9 Å². The molecule has 0 unspecified atom stereocenters. The van der Waals surface area contributed by atoms with Gasteiger partial charge in [-0.05, 0) is 12.0 Å². The molecule has 0 aliphatic carbocycles. The highest BCUT2D eigenvalue weighted by atomic mass is 19.4. The molecule has 0 aliphatic heterocycles. The van der Waals surface area contributed by atoms with E-state index in [0.717, 1.165) is 5.56 Å². The summed E-state index contributed by atoms with van der Waals surface area (Å²) in [7, 11) is 0. The first-order valence-electron chi connectivity index (χ1n) is 4.82. The minimum Gasteiger partial charge on any atom is -0.348 e. The van der Waals surface area contributed by atoms with Crippen molar-refractivity contribution in [3.63, 3.8) is 0 Å². The first kappa shape index (κ1) is 13.2. The van der Waals surface area contributed by atoms with Gasteiger partial charge in [0.2, 0.25) is 0 Å². The predicted octanol–water partition coefficient (Wildman–Crippen LogP) is 1.72. The van der Waals surface area contributed by atoms with E-state index in [4.69, 9.17) is 0 Å². The van der Waals surface area contributed by atoms with Crippen molar-refractivity contribution in [2.75, 3.05) is 6.54 Å². The lowest BCUT2D eigenvalue weighted by molar-refractivity contribution is -0.173. The molecule has 0 aliphatic rings. The standard InChI is InChI=1S/C11H10F3NO2/c12-11(13,14)10(17)15-6-5-8-1-3-9(7-16)4-2-8/h1-4,7H,5-6H2,(H,15,17). The molecule has 1 amide bonds. The lowest BCUT2D eigenvalue weighted by atomic mass is 10.1. The molecule has 92 valence electrons. The molecule has 0 radical (unpaired) electrons. The number of rotatable bonds is 4. The van der Waals surface area contributed by atoms with Crippen LogP contribution in [0.25, 0.3) is 0 Å². The largest absolute Gasteiger partial charge is 0.471 e. The summed E-state index contributed by atoms with van der Waals surface area (Å²) >= 11 is 0. The van der Waals surface area contributed by atoms with Crippen molar-refractivity contribution in [3.8, 4) is 0 Å². The summed E-state index contributed by atoms with van der Waals surface area (Å²) < 4.78 is 35.5. The van der Waals surface area contributed by atoms with E-state index in [-0.39, 0.29) is 13.0 Å². The molecule has 17 heavy (non-hydrogen) atoms. The van der Waals surface area contributed by atoms with Crippen LogP contribution in [-0.2, 0) is 11.2 Å². The monoisotopic (exact) mass is 245 g/mol.